The highest BCUT2D eigenvalue weighted by atomic mass is 32.2. The maximum Gasteiger partial charge on any atom is 0.338 e. The van der Waals surface area contributed by atoms with Crippen LogP contribution in [0.1, 0.15) is 66.6 Å². The number of ether oxygens (including phenoxy) is 1. The number of hydrogen-bond donors (Lipinski definition) is 1. The number of esters is 1. The molecule has 2 aromatic carbocycles. The van der Waals surface area contributed by atoms with Crippen LogP contribution in [0.3, 0.4) is 0 Å². The van der Waals surface area contributed by atoms with E-state index in [9.17, 15) is 20.4 Å². The van der Waals surface area contributed by atoms with Gasteiger partial charge in [0.2, 0.25) is 0 Å². The largest absolute Gasteiger partial charge is 0.465 e. The van der Waals surface area contributed by atoms with Crippen molar-refractivity contribution in [3.05, 3.63) is 93.9 Å². The van der Waals surface area contributed by atoms with Crippen LogP contribution >= 0.6 is 69.7 Å². The van der Waals surface area contributed by atoms with Gasteiger partial charge < -0.3 is 9.84 Å². The summed E-state index contributed by atoms with van der Waals surface area (Å²) in [5, 5.41) is 39.3. The van der Waals surface area contributed by atoms with Gasteiger partial charge in [0.25, 0.3) is 0 Å². The van der Waals surface area contributed by atoms with Gasteiger partial charge in [0, 0.05) is 50.0 Å². The van der Waals surface area contributed by atoms with Crippen LogP contribution in [0.4, 0.5) is 0 Å². The number of pyridine rings is 2. The van der Waals surface area contributed by atoms with E-state index in [0.717, 1.165) is 47.3 Å². The van der Waals surface area contributed by atoms with E-state index in [2.05, 4.69) is 31.0 Å². The first-order valence-electron chi connectivity index (χ1n) is 18.5. The summed E-state index contributed by atoms with van der Waals surface area (Å²) >= 11 is 9.53. The lowest BCUT2D eigenvalue weighted by Crippen LogP contribution is -2.07. The van der Waals surface area contributed by atoms with E-state index < -0.39 is 5.97 Å². The van der Waals surface area contributed by atoms with Crippen LogP contribution in [-0.2, 0) is 11.3 Å². The summed E-state index contributed by atoms with van der Waals surface area (Å²) in [6.07, 6.45) is 7.85. The summed E-state index contributed by atoms with van der Waals surface area (Å²) in [6.45, 7) is 4.19. The quantitative estimate of drug-likeness (QED) is 0.0357. The van der Waals surface area contributed by atoms with Gasteiger partial charge in [0.1, 0.15) is 43.6 Å². The Morgan fingerprint density at radius 3 is 1.97 bits per heavy atom. The summed E-state index contributed by atoms with van der Waals surface area (Å²) in [7, 11) is 1.34. The van der Waals surface area contributed by atoms with Crippen molar-refractivity contribution in [3.8, 4) is 66.9 Å². The SMILES string of the molecule is CCCCSCSc1nc(-c2nccs2)cc(-c2ccc(C(=O)OC)c(-c3c(-c4nccs4)nc(SCSCCCC)c(C#N)c3-c3ccc(CO)cc3)c2)c1C#N. The Hall–Kier alpha value is -4.19. The molecule has 0 aliphatic heterocycles. The third-order valence-electron chi connectivity index (χ3n) is 8.93. The van der Waals surface area contributed by atoms with E-state index >= 15 is 0 Å². The molecule has 0 saturated carbocycles. The van der Waals surface area contributed by atoms with Crippen LogP contribution < -0.4 is 0 Å². The molecule has 4 aromatic heterocycles. The molecule has 58 heavy (non-hydrogen) atoms. The van der Waals surface area contributed by atoms with Gasteiger partial charge in [-0.3, -0.25) is 0 Å². The number of carbonyl (C=O) groups is 1. The van der Waals surface area contributed by atoms with Crippen LogP contribution in [0.5, 0.6) is 0 Å². The summed E-state index contributed by atoms with van der Waals surface area (Å²) in [6, 6.07) is 19.6. The number of hydrogen-bond acceptors (Lipinski definition) is 15. The van der Waals surface area contributed by atoms with Crippen molar-refractivity contribution in [3.63, 3.8) is 0 Å². The number of methoxy groups -OCH3 is 1. The number of nitriles is 2. The average Bonchev–Trinajstić information content (AvgIpc) is 4.01. The van der Waals surface area contributed by atoms with E-state index in [0.29, 0.717) is 81.6 Å². The summed E-state index contributed by atoms with van der Waals surface area (Å²) < 4.78 is 5.37. The molecule has 0 unspecified atom stereocenters. The zero-order chi connectivity index (χ0) is 40.9. The van der Waals surface area contributed by atoms with Gasteiger partial charge in [-0.15, -0.1) is 22.7 Å². The molecule has 6 aromatic rings. The van der Waals surface area contributed by atoms with Crippen molar-refractivity contribution < 1.29 is 14.6 Å². The van der Waals surface area contributed by atoms with E-state index in [4.69, 9.17) is 19.7 Å². The first-order valence-corrected chi connectivity index (χ1v) is 24.6. The molecule has 0 aliphatic rings. The summed E-state index contributed by atoms with van der Waals surface area (Å²) in [5.41, 5.74) is 6.49. The number of unbranched alkanes of at least 4 members (excludes halogenated alkanes) is 2. The Morgan fingerprint density at radius 2 is 1.40 bits per heavy atom. The molecule has 296 valence electrons. The van der Waals surface area contributed by atoms with Gasteiger partial charge >= 0.3 is 5.97 Å². The van der Waals surface area contributed by atoms with Gasteiger partial charge in [0.15, 0.2) is 0 Å². The van der Waals surface area contributed by atoms with Gasteiger partial charge in [-0.05, 0) is 64.8 Å². The lowest BCUT2D eigenvalue weighted by Gasteiger charge is -2.21. The molecule has 0 spiro atoms. The Balaban J connectivity index is 1.65. The van der Waals surface area contributed by atoms with Gasteiger partial charge in [-0.1, -0.05) is 80.5 Å². The Morgan fingerprint density at radius 1 is 0.776 bits per heavy atom. The second kappa shape index (κ2) is 21.7. The molecule has 0 radical (unpaired) electrons. The van der Waals surface area contributed by atoms with Crippen LogP contribution in [0, 0.1) is 22.7 Å². The van der Waals surface area contributed by atoms with Crippen molar-refractivity contribution in [1.29, 1.82) is 10.5 Å². The first kappa shape index (κ1) is 43.4. The molecule has 0 amide bonds. The molecule has 0 bridgehead atoms. The maximum absolute atomic E-state index is 13.8. The predicted octanol–water partition coefficient (Wildman–Crippen LogP) is 11.9. The smallest absolute Gasteiger partial charge is 0.338 e. The van der Waals surface area contributed by atoms with Crippen LogP contribution in [0.25, 0.3) is 54.8 Å². The highest BCUT2D eigenvalue weighted by molar-refractivity contribution is 8.16. The van der Waals surface area contributed by atoms with Crippen molar-refractivity contribution in [2.45, 2.75) is 56.2 Å². The maximum atomic E-state index is 13.8. The number of aliphatic hydroxyl groups excluding tert-OH is 1. The molecule has 15 heteroatoms. The summed E-state index contributed by atoms with van der Waals surface area (Å²) in [5.74, 6) is 1.44. The van der Waals surface area contributed by atoms with Gasteiger partial charge in [-0.2, -0.15) is 34.0 Å². The van der Waals surface area contributed by atoms with Gasteiger partial charge in [0.05, 0.1) is 30.4 Å². The highest BCUT2D eigenvalue weighted by Crippen LogP contribution is 2.47. The fourth-order valence-electron chi connectivity index (χ4n) is 6.03. The van der Waals surface area contributed by atoms with E-state index in [1.54, 1.807) is 30.2 Å². The molecule has 9 nitrogen and oxygen atoms in total. The lowest BCUT2D eigenvalue weighted by atomic mass is 9.86. The molecule has 6 rings (SSSR count). The zero-order valence-electron chi connectivity index (χ0n) is 32.2. The molecule has 0 fully saturated rings. The first-order chi connectivity index (χ1) is 28.5. The molecular formula is C43H40N6O3S6. The Labute approximate surface area is 364 Å². The lowest BCUT2D eigenvalue weighted by molar-refractivity contribution is 0.0601. The number of benzene rings is 2. The normalized spacial score (nSPS) is 11.0. The topological polar surface area (TPSA) is 146 Å². The second-order valence-electron chi connectivity index (χ2n) is 12.7. The zero-order valence-corrected chi connectivity index (χ0v) is 37.1. The third kappa shape index (κ3) is 10.1. The number of rotatable bonds is 19. The summed E-state index contributed by atoms with van der Waals surface area (Å²) in [4.78, 5) is 33.2. The van der Waals surface area contributed by atoms with E-state index in [1.165, 1.54) is 53.3 Å². The van der Waals surface area contributed by atoms with Crippen LogP contribution in [0.2, 0.25) is 0 Å². The minimum absolute atomic E-state index is 0.141. The monoisotopic (exact) mass is 880 g/mol. The fourth-order valence-corrected chi connectivity index (χ4v) is 11.7. The second-order valence-corrected chi connectivity index (χ2v) is 19.3. The molecule has 1 N–H and O–H groups in total. The number of aromatic nitrogens is 4. The van der Waals surface area contributed by atoms with Crippen molar-refractivity contribution in [2.24, 2.45) is 0 Å². The Bertz CT molecular complexity index is 2410. The molecular weight excluding hydrogens is 841 g/mol. The number of carbonyl (C=O) groups excluding carboxylic acids is 1. The predicted molar refractivity (Wildman–Crippen MR) is 243 cm³/mol. The number of nitrogens with zero attached hydrogens (tertiary/aromatic N) is 6. The van der Waals surface area contributed by atoms with E-state index in [-0.39, 0.29) is 12.2 Å². The number of thiazole rings is 2. The Kier molecular flexibility index (Phi) is 16.2. The molecule has 0 atom stereocenters. The minimum atomic E-state index is -0.573. The van der Waals surface area contributed by atoms with Crippen molar-refractivity contribution in [2.75, 3.05) is 28.8 Å². The van der Waals surface area contributed by atoms with Crippen molar-refractivity contribution >= 4 is 75.7 Å². The van der Waals surface area contributed by atoms with Gasteiger partial charge in [-0.25, -0.2) is 24.7 Å². The standard InChI is InChI=1S/C43H40N6O3S6/c1-4-6-16-53-25-57-39-33(22-44)31(21-35(48-39)41-46-14-18-55-41)29-12-13-30(43(51)52-3)32(20-29)37-36(28-10-8-27(24-50)9-11-28)34(23-45)40(58-26-54-17-7-5-2)49-38(37)42-47-15-19-56-42/h8-15,18-21,50H,4-7,16-17,24-26H2,1-3H3. The molecule has 0 saturated heterocycles. The van der Waals surface area contributed by atoms with Crippen LogP contribution in [-0.4, -0.2) is 59.8 Å². The molecule has 4 heterocycles. The number of aliphatic hydroxyl groups is 1. The highest BCUT2D eigenvalue weighted by Gasteiger charge is 2.29. The fraction of sp³-hybridized carbons (Fsp3) is 0.279. The minimum Gasteiger partial charge on any atom is -0.465 e. The van der Waals surface area contributed by atoms with E-state index in [1.807, 2.05) is 65.0 Å². The third-order valence-corrected chi connectivity index (χ3v) is 15.1. The number of thioether (sulfide) groups is 4. The average molecular weight is 881 g/mol. The molecule has 0 aliphatic carbocycles. The van der Waals surface area contributed by atoms with Crippen LogP contribution in [0.15, 0.2) is 81.7 Å². The van der Waals surface area contributed by atoms with Crippen molar-refractivity contribution in [1.82, 2.24) is 19.9 Å².